The molecule has 0 atom stereocenters. The van der Waals surface area contributed by atoms with E-state index in [-0.39, 0.29) is 50.8 Å². The maximum Gasteiger partial charge on any atom is 0.306 e. The summed E-state index contributed by atoms with van der Waals surface area (Å²) >= 11 is 0. The van der Waals surface area contributed by atoms with Crippen LogP contribution in [0.15, 0.2) is 25.3 Å². The second-order valence-electron chi connectivity index (χ2n) is 4.40. The minimum absolute atomic E-state index is 0.0649. The Balaban J connectivity index is 0. The lowest BCUT2D eigenvalue weighted by molar-refractivity contribution is -0.146. The van der Waals surface area contributed by atoms with Gasteiger partial charge in [-0.2, -0.15) is 0 Å². The van der Waals surface area contributed by atoms with E-state index in [9.17, 15) is 14.4 Å². The van der Waals surface area contributed by atoms with Crippen molar-refractivity contribution in [1.29, 1.82) is 0 Å². The van der Waals surface area contributed by atoms with Gasteiger partial charge >= 0.3 is 11.9 Å². The van der Waals surface area contributed by atoms with Crippen molar-refractivity contribution < 1.29 is 24.2 Å². The summed E-state index contributed by atoms with van der Waals surface area (Å²) < 4.78 is 4.99. The molecule has 0 aromatic heterocycles. The normalized spacial score (nSPS) is 9.13. The number of carbonyl (C=O) groups excluding carboxylic acids is 2. The average Bonchev–Trinajstić information content (AvgIpc) is 2.55. The number of esters is 1. The quantitative estimate of drug-likeness (QED) is 0.440. The van der Waals surface area contributed by atoms with E-state index in [1.54, 1.807) is 12.2 Å². The highest BCUT2D eigenvalue weighted by Crippen LogP contribution is 2.01. The van der Waals surface area contributed by atoms with Crippen molar-refractivity contribution in [3.63, 3.8) is 0 Å². The second-order valence-corrected chi connectivity index (χ2v) is 4.40. The minimum atomic E-state index is -0.973. The van der Waals surface area contributed by atoms with Crippen LogP contribution in [0.25, 0.3) is 0 Å². The first-order valence-corrected chi connectivity index (χ1v) is 7.88. The van der Waals surface area contributed by atoms with Gasteiger partial charge in [0.2, 0.25) is 5.91 Å². The molecule has 6 nitrogen and oxygen atoms in total. The molecule has 0 heterocycles. The van der Waals surface area contributed by atoms with Gasteiger partial charge in [0.05, 0.1) is 13.0 Å². The Morgan fingerprint density at radius 2 is 1.57 bits per heavy atom. The zero-order valence-electron chi connectivity index (χ0n) is 14.3. The first-order chi connectivity index (χ1) is 11.0. The topological polar surface area (TPSA) is 83.9 Å². The van der Waals surface area contributed by atoms with Gasteiger partial charge in [-0.3, -0.25) is 14.4 Å². The number of hydrogen-bond acceptors (Lipinski definition) is 4. The monoisotopic (exact) mass is 327 g/mol. The van der Waals surface area contributed by atoms with Crippen LogP contribution in [0, 0.1) is 0 Å². The maximum atomic E-state index is 11.9. The van der Waals surface area contributed by atoms with Gasteiger partial charge in [-0.25, -0.2) is 0 Å². The van der Waals surface area contributed by atoms with Gasteiger partial charge in [-0.15, -0.1) is 13.2 Å². The predicted octanol–water partition coefficient (Wildman–Crippen LogP) is 2.79. The lowest BCUT2D eigenvalue weighted by Gasteiger charge is -2.21. The van der Waals surface area contributed by atoms with Crippen LogP contribution in [0.1, 0.15) is 46.0 Å². The van der Waals surface area contributed by atoms with E-state index in [2.05, 4.69) is 13.2 Å². The number of carboxylic acids is 1. The van der Waals surface area contributed by atoms with Crippen molar-refractivity contribution in [2.75, 3.05) is 19.7 Å². The molecule has 0 aliphatic heterocycles. The van der Waals surface area contributed by atoms with Crippen LogP contribution in [0.3, 0.4) is 0 Å². The molecule has 0 aliphatic rings. The van der Waals surface area contributed by atoms with E-state index in [0.717, 1.165) is 0 Å². The number of aliphatic carboxylic acids is 1. The molecular formula is C17H29NO5. The Kier molecular flexibility index (Phi) is 16.4. The van der Waals surface area contributed by atoms with Crippen LogP contribution in [-0.2, 0) is 19.1 Å². The van der Waals surface area contributed by atoms with E-state index < -0.39 is 5.97 Å². The zero-order valence-corrected chi connectivity index (χ0v) is 14.3. The second kappa shape index (κ2) is 16.3. The molecule has 1 N–H and O–H groups in total. The van der Waals surface area contributed by atoms with Gasteiger partial charge in [0.1, 0.15) is 6.61 Å². The number of carboxylic acid groups (broad SMARTS) is 1. The molecule has 0 saturated carbocycles. The van der Waals surface area contributed by atoms with Crippen molar-refractivity contribution in [2.45, 2.75) is 46.0 Å². The minimum Gasteiger partial charge on any atom is -0.481 e. The van der Waals surface area contributed by atoms with Crippen molar-refractivity contribution in [1.82, 2.24) is 4.90 Å². The summed E-state index contributed by atoms with van der Waals surface area (Å²) in [5.41, 5.74) is 0. The van der Waals surface area contributed by atoms with Crippen molar-refractivity contribution in [3.8, 4) is 0 Å². The van der Waals surface area contributed by atoms with Gasteiger partial charge in [-0.1, -0.05) is 26.0 Å². The SMILES string of the molecule is C=CCCC(=O)OCCN(CCC(=O)O)C(=O)CCC=C.CC. The standard InChI is InChI=1S/C15H23NO5.C2H6/c1-3-5-7-13(17)16(10-9-14(18)19)11-12-21-15(20)8-6-4-2;1-2/h3-4H,1-2,5-12H2,(H,18,19);1-2H3. The number of amides is 1. The summed E-state index contributed by atoms with van der Waals surface area (Å²) in [6.45, 7) is 11.4. The molecule has 0 bridgehead atoms. The third-order valence-electron chi connectivity index (χ3n) is 2.69. The fourth-order valence-electron chi connectivity index (χ4n) is 1.54. The number of rotatable bonds is 12. The molecule has 1 amide bonds. The van der Waals surface area contributed by atoms with Crippen LogP contribution in [0.2, 0.25) is 0 Å². The summed E-state index contributed by atoms with van der Waals surface area (Å²) in [6, 6.07) is 0. The van der Waals surface area contributed by atoms with E-state index >= 15 is 0 Å². The molecular weight excluding hydrogens is 298 g/mol. The van der Waals surface area contributed by atoms with E-state index in [0.29, 0.717) is 12.8 Å². The highest BCUT2D eigenvalue weighted by Gasteiger charge is 2.14. The summed E-state index contributed by atoms with van der Waals surface area (Å²) in [6.07, 6.45) is 4.71. The van der Waals surface area contributed by atoms with E-state index in [1.807, 2.05) is 13.8 Å². The van der Waals surface area contributed by atoms with Gasteiger partial charge in [0.15, 0.2) is 0 Å². The molecule has 0 rings (SSSR count). The molecule has 0 aromatic carbocycles. The summed E-state index contributed by atoms with van der Waals surface area (Å²) in [7, 11) is 0. The van der Waals surface area contributed by atoms with Crippen LogP contribution < -0.4 is 0 Å². The highest BCUT2D eigenvalue weighted by molar-refractivity contribution is 5.77. The highest BCUT2D eigenvalue weighted by atomic mass is 16.5. The summed E-state index contributed by atoms with van der Waals surface area (Å²) in [4.78, 5) is 35.2. The Hall–Kier alpha value is -2.11. The van der Waals surface area contributed by atoms with Gasteiger partial charge < -0.3 is 14.7 Å². The molecule has 6 heteroatoms. The van der Waals surface area contributed by atoms with Gasteiger partial charge in [-0.05, 0) is 12.8 Å². The molecule has 0 fully saturated rings. The summed E-state index contributed by atoms with van der Waals surface area (Å²) in [5, 5.41) is 8.68. The van der Waals surface area contributed by atoms with Gasteiger partial charge in [0, 0.05) is 19.4 Å². The molecule has 0 aromatic rings. The van der Waals surface area contributed by atoms with Crippen LogP contribution in [0.4, 0.5) is 0 Å². The predicted molar refractivity (Wildman–Crippen MR) is 90.0 cm³/mol. The number of allylic oxidation sites excluding steroid dienone is 2. The lowest BCUT2D eigenvalue weighted by atomic mass is 10.2. The third-order valence-corrected chi connectivity index (χ3v) is 2.69. The Bertz CT molecular complexity index is 379. The fraction of sp³-hybridized carbons (Fsp3) is 0.588. The van der Waals surface area contributed by atoms with Crippen molar-refractivity contribution >= 4 is 17.8 Å². The Labute approximate surface area is 138 Å². The van der Waals surface area contributed by atoms with E-state index in [1.165, 1.54) is 4.90 Å². The number of nitrogens with zero attached hydrogens (tertiary/aromatic N) is 1. The number of ether oxygens (including phenoxy) is 1. The first-order valence-electron chi connectivity index (χ1n) is 7.88. The van der Waals surface area contributed by atoms with Gasteiger partial charge in [0.25, 0.3) is 0 Å². The average molecular weight is 327 g/mol. The van der Waals surface area contributed by atoms with Crippen LogP contribution in [0.5, 0.6) is 0 Å². The number of carbonyl (C=O) groups is 3. The first kappa shape index (κ1) is 23.2. The largest absolute Gasteiger partial charge is 0.481 e. The molecule has 0 unspecified atom stereocenters. The fourth-order valence-corrected chi connectivity index (χ4v) is 1.54. The molecule has 0 spiro atoms. The molecule has 132 valence electrons. The summed E-state index contributed by atoms with van der Waals surface area (Å²) in [5.74, 6) is -1.50. The third kappa shape index (κ3) is 14.6. The van der Waals surface area contributed by atoms with Crippen LogP contribution >= 0.6 is 0 Å². The Morgan fingerprint density at radius 1 is 1.00 bits per heavy atom. The van der Waals surface area contributed by atoms with E-state index in [4.69, 9.17) is 9.84 Å². The number of hydrogen-bond donors (Lipinski definition) is 1. The molecule has 0 saturated heterocycles. The molecule has 23 heavy (non-hydrogen) atoms. The molecule has 0 aliphatic carbocycles. The molecule has 0 radical (unpaired) electrons. The zero-order chi connectivity index (χ0) is 18.1. The Morgan fingerprint density at radius 3 is 2.09 bits per heavy atom. The van der Waals surface area contributed by atoms with Crippen molar-refractivity contribution in [2.24, 2.45) is 0 Å². The lowest BCUT2D eigenvalue weighted by Crippen LogP contribution is -2.36. The maximum absolute atomic E-state index is 11.9. The van der Waals surface area contributed by atoms with Crippen molar-refractivity contribution in [3.05, 3.63) is 25.3 Å². The smallest absolute Gasteiger partial charge is 0.306 e. The van der Waals surface area contributed by atoms with Crippen LogP contribution in [-0.4, -0.2) is 47.5 Å².